The van der Waals surface area contributed by atoms with Crippen molar-refractivity contribution in [3.8, 4) is 11.3 Å². The Labute approximate surface area is 193 Å². The van der Waals surface area contributed by atoms with Gasteiger partial charge < -0.3 is 4.90 Å². The molecule has 1 aromatic heterocycles. The summed E-state index contributed by atoms with van der Waals surface area (Å²) < 4.78 is 1.87. The Morgan fingerprint density at radius 2 is 1.94 bits per heavy atom. The molecule has 0 unspecified atom stereocenters. The van der Waals surface area contributed by atoms with Crippen LogP contribution in [-0.4, -0.2) is 40.1 Å². The molecule has 2 heterocycles. The van der Waals surface area contributed by atoms with E-state index in [-0.39, 0.29) is 11.8 Å². The highest BCUT2D eigenvalue weighted by molar-refractivity contribution is 6.30. The number of fused-ring (bicyclic) bond motifs is 1. The number of rotatable bonds is 7. The molecule has 166 valence electrons. The van der Waals surface area contributed by atoms with Gasteiger partial charge in [0.2, 0.25) is 5.91 Å². The summed E-state index contributed by atoms with van der Waals surface area (Å²) >= 11 is 6.13. The van der Waals surface area contributed by atoms with E-state index in [9.17, 15) is 9.59 Å². The van der Waals surface area contributed by atoms with Gasteiger partial charge in [0.05, 0.1) is 18.8 Å². The van der Waals surface area contributed by atoms with Crippen LogP contribution >= 0.6 is 11.6 Å². The van der Waals surface area contributed by atoms with E-state index in [0.29, 0.717) is 30.1 Å². The first kappa shape index (κ1) is 22.1. The Morgan fingerprint density at radius 1 is 1.16 bits per heavy atom. The standard InChI is InChI=1S/C25H27ClN4O2/c1-3-4-13-28(2)25(32)19-10-8-18(9-11-19)17-29-23-16-22(20-6-5-7-21(26)15-20)27-30(23)14-12-24(29)31/h5-11,15-16H,3-4,12-14,17H2,1-2H3. The number of anilines is 1. The quantitative estimate of drug-likeness (QED) is 0.508. The molecule has 0 saturated heterocycles. The lowest BCUT2D eigenvalue weighted by atomic mass is 10.1. The van der Waals surface area contributed by atoms with Crippen LogP contribution in [0.1, 0.15) is 42.1 Å². The zero-order chi connectivity index (χ0) is 22.7. The summed E-state index contributed by atoms with van der Waals surface area (Å²) in [6.07, 6.45) is 2.45. The van der Waals surface area contributed by atoms with Gasteiger partial charge in [-0.25, -0.2) is 4.68 Å². The fourth-order valence-corrected chi connectivity index (χ4v) is 4.05. The van der Waals surface area contributed by atoms with Gasteiger partial charge >= 0.3 is 0 Å². The number of carbonyl (C=O) groups is 2. The second-order valence-corrected chi connectivity index (χ2v) is 8.56. The second-order valence-electron chi connectivity index (χ2n) is 8.13. The van der Waals surface area contributed by atoms with E-state index < -0.39 is 0 Å². The van der Waals surface area contributed by atoms with Crippen LogP contribution in [0.4, 0.5) is 5.82 Å². The Kier molecular flexibility index (Phi) is 6.61. The first-order chi connectivity index (χ1) is 15.5. The Morgan fingerprint density at radius 3 is 2.66 bits per heavy atom. The highest BCUT2D eigenvalue weighted by Crippen LogP contribution is 2.30. The van der Waals surface area contributed by atoms with E-state index in [1.54, 1.807) is 9.80 Å². The molecule has 32 heavy (non-hydrogen) atoms. The molecule has 0 aliphatic carbocycles. The number of unbranched alkanes of at least 4 members (excludes halogenated alkanes) is 1. The number of aryl methyl sites for hydroxylation is 1. The van der Waals surface area contributed by atoms with E-state index in [0.717, 1.165) is 42.0 Å². The second kappa shape index (κ2) is 9.57. The highest BCUT2D eigenvalue weighted by atomic mass is 35.5. The van der Waals surface area contributed by atoms with E-state index in [1.165, 1.54) is 0 Å². The molecule has 0 saturated carbocycles. The molecule has 0 atom stereocenters. The molecule has 7 heteroatoms. The van der Waals surface area contributed by atoms with Crippen molar-refractivity contribution in [3.05, 3.63) is 70.7 Å². The summed E-state index contributed by atoms with van der Waals surface area (Å²) in [5.74, 6) is 0.855. The van der Waals surface area contributed by atoms with Crippen LogP contribution in [0.2, 0.25) is 5.02 Å². The molecule has 1 aliphatic rings. The number of halogens is 1. The van der Waals surface area contributed by atoms with Crippen LogP contribution in [0.25, 0.3) is 11.3 Å². The number of hydrogen-bond donors (Lipinski definition) is 0. The largest absolute Gasteiger partial charge is 0.342 e. The molecular formula is C25H27ClN4O2. The van der Waals surface area contributed by atoms with Crippen molar-refractivity contribution >= 4 is 29.2 Å². The normalized spacial score (nSPS) is 13.2. The number of nitrogens with zero attached hydrogens (tertiary/aromatic N) is 4. The maximum Gasteiger partial charge on any atom is 0.253 e. The monoisotopic (exact) mass is 450 g/mol. The van der Waals surface area contributed by atoms with Gasteiger partial charge in [-0.15, -0.1) is 0 Å². The lowest BCUT2D eigenvalue weighted by Gasteiger charge is -2.27. The fraction of sp³-hybridized carbons (Fsp3) is 0.320. The van der Waals surface area contributed by atoms with Crippen molar-refractivity contribution in [3.63, 3.8) is 0 Å². The summed E-state index contributed by atoms with van der Waals surface area (Å²) in [6.45, 7) is 3.85. The molecule has 4 rings (SSSR count). The van der Waals surface area contributed by atoms with Crippen molar-refractivity contribution in [2.24, 2.45) is 0 Å². The predicted molar refractivity (Wildman–Crippen MR) is 127 cm³/mol. The number of amides is 2. The van der Waals surface area contributed by atoms with E-state index >= 15 is 0 Å². The maximum atomic E-state index is 12.7. The molecule has 0 radical (unpaired) electrons. The molecule has 6 nitrogen and oxygen atoms in total. The van der Waals surface area contributed by atoms with Crippen molar-refractivity contribution in [1.29, 1.82) is 0 Å². The molecule has 0 bridgehead atoms. The summed E-state index contributed by atoms with van der Waals surface area (Å²) in [6, 6.07) is 17.0. The van der Waals surface area contributed by atoms with Crippen molar-refractivity contribution in [2.45, 2.75) is 39.3 Å². The molecular weight excluding hydrogens is 424 g/mol. The zero-order valence-corrected chi connectivity index (χ0v) is 19.2. The van der Waals surface area contributed by atoms with Gasteiger partial charge in [0.25, 0.3) is 5.91 Å². The zero-order valence-electron chi connectivity index (χ0n) is 18.4. The predicted octanol–water partition coefficient (Wildman–Crippen LogP) is 5.01. The van der Waals surface area contributed by atoms with Gasteiger partial charge in [-0.05, 0) is 36.2 Å². The van der Waals surface area contributed by atoms with Crippen LogP contribution < -0.4 is 4.90 Å². The number of aromatic nitrogens is 2. The topological polar surface area (TPSA) is 58.4 Å². The lowest BCUT2D eigenvalue weighted by Crippen LogP contribution is -2.36. The van der Waals surface area contributed by atoms with Crippen molar-refractivity contribution in [1.82, 2.24) is 14.7 Å². The minimum absolute atomic E-state index is 0.0169. The third-order valence-electron chi connectivity index (χ3n) is 5.73. The summed E-state index contributed by atoms with van der Waals surface area (Å²) in [5.41, 5.74) is 3.33. The molecule has 2 aromatic carbocycles. The SMILES string of the molecule is CCCCN(C)C(=O)c1ccc(CN2C(=O)CCn3nc(-c4cccc(Cl)c4)cc32)cc1. The maximum absolute atomic E-state index is 12.7. The molecule has 0 fully saturated rings. The van der Waals surface area contributed by atoms with Crippen molar-refractivity contribution in [2.75, 3.05) is 18.5 Å². The van der Waals surface area contributed by atoms with Gasteiger partial charge in [-0.2, -0.15) is 5.10 Å². The Bertz CT molecular complexity index is 1120. The molecule has 0 spiro atoms. The van der Waals surface area contributed by atoms with E-state index in [1.807, 2.05) is 66.3 Å². The first-order valence-corrected chi connectivity index (χ1v) is 11.3. The molecule has 2 amide bonds. The lowest BCUT2D eigenvalue weighted by molar-refractivity contribution is -0.119. The minimum atomic E-state index is 0.0169. The van der Waals surface area contributed by atoms with Gasteiger partial charge in [-0.1, -0.05) is 49.2 Å². The van der Waals surface area contributed by atoms with Crippen LogP contribution in [0.5, 0.6) is 0 Å². The van der Waals surface area contributed by atoms with Gasteiger partial charge in [-0.3, -0.25) is 14.5 Å². The fourth-order valence-electron chi connectivity index (χ4n) is 3.86. The minimum Gasteiger partial charge on any atom is -0.342 e. The molecule has 3 aromatic rings. The Balaban J connectivity index is 1.53. The third-order valence-corrected chi connectivity index (χ3v) is 5.96. The molecule has 1 aliphatic heterocycles. The van der Waals surface area contributed by atoms with Crippen LogP contribution in [0.15, 0.2) is 54.6 Å². The van der Waals surface area contributed by atoms with Gasteiger partial charge in [0, 0.05) is 42.2 Å². The van der Waals surface area contributed by atoms with E-state index in [2.05, 4.69) is 12.0 Å². The molecule has 0 N–H and O–H groups in total. The van der Waals surface area contributed by atoms with Crippen LogP contribution in [-0.2, 0) is 17.9 Å². The average molecular weight is 451 g/mol. The summed E-state index contributed by atoms with van der Waals surface area (Å²) in [4.78, 5) is 28.8. The highest BCUT2D eigenvalue weighted by Gasteiger charge is 2.26. The van der Waals surface area contributed by atoms with Crippen LogP contribution in [0.3, 0.4) is 0 Å². The smallest absolute Gasteiger partial charge is 0.253 e. The summed E-state index contributed by atoms with van der Waals surface area (Å²) in [5, 5.41) is 5.33. The number of benzene rings is 2. The summed E-state index contributed by atoms with van der Waals surface area (Å²) in [7, 11) is 1.83. The number of hydrogen-bond acceptors (Lipinski definition) is 3. The van der Waals surface area contributed by atoms with Crippen LogP contribution in [0, 0.1) is 0 Å². The van der Waals surface area contributed by atoms with Crippen molar-refractivity contribution < 1.29 is 9.59 Å². The Hall–Kier alpha value is -3.12. The third kappa shape index (κ3) is 4.70. The van der Waals surface area contributed by atoms with Gasteiger partial charge in [0.1, 0.15) is 5.82 Å². The van der Waals surface area contributed by atoms with E-state index in [4.69, 9.17) is 11.6 Å². The average Bonchev–Trinajstić information content (AvgIpc) is 3.24. The van der Waals surface area contributed by atoms with Gasteiger partial charge in [0.15, 0.2) is 0 Å². The number of carbonyl (C=O) groups excluding carboxylic acids is 2. The first-order valence-electron chi connectivity index (χ1n) is 10.9.